The molecule has 6 aromatic rings. The first kappa shape index (κ1) is 35.9. The van der Waals surface area contributed by atoms with Gasteiger partial charge >= 0.3 is 295 Å². The molecule has 0 aliphatic heterocycles. The molecule has 0 unspecified atom stereocenters. The van der Waals surface area contributed by atoms with E-state index >= 15 is 0 Å². The second-order valence-corrected chi connectivity index (χ2v) is 20.1. The van der Waals surface area contributed by atoms with Crippen molar-refractivity contribution in [2.45, 2.75) is 36.7 Å². The van der Waals surface area contributed by atoms with E-state index in [4.69, 9.17) is 0 Å². The molecule has 248 valence electrons. The number of rotatable bonds is 8. The van der Waals surface area contributed by atoms with Crippen molar-refractivity contribution in [2.75, 3.05) is 0 Å². The largest absolute Gasteiger partial charge is 0.147 e. The minimum absolute atomic E-state index is 0. The quantitative estimate of drug-likeness (QED) is 0.145. The van der Waals surface area contributed by atoms with Crippen molar-refractivity contribution < 1.29 is 21.3 Å². The first-order valence-corrected chi connectivity index (χ1v) is 21.1. The van der Waals surface area contributed by atoms with E-state index in [0.29, 0.717) is 3.63 Å². The van der Waals surface area contributed by atoms with Gasteiger partial charge in [-0.15, -0.1) is 24.8 Å². The Bertz CT molecular complexity index is 2090. The van der Waals surface area contributed by atoms with Gasteiger partial charge in [-0.05, 0) is 0 Å². The van der Waals surface area contributed by atoms with Gasteiger partial charge < -0.3 is 0 Å². The molecule has 0 radical (unpaired) electrons. The maximum absolute atomic E-state index is 2.66. The molecule has 0 nitrogen and oxygen atoms in total. The Morgan fingerprint density at radius 2 is 1.00 bits per heavy atom. The standard InChI is InChI=1S/C27H21.C15H14.C5H5.2ClH.Zr/c1-18-7-3-5-9-24(18)20-11-13-26-22(15-20)17-23-16-21(12-14-27(23)26)25-10-6-4-8-19(25)2;1-3-8-14(9-4-1)12-7-13-15-10-5-2-6-11-15;1-2-4-5-3-1;;;/h3-17H,1-2H3;1-6,8-11H,12-13H2;1-3H,4H2;2*1H;. The van der Waals surface area contributed by atoms with E-state index in [1.165, 1.54) is 66.8 Å². The van der Waals surface area contributed by atoms with Crippen LogP contribution in [0.15, 0.2) is 167 Å². The van der Waals surface area contributed by atoms with Crippen LogP contribution in [0.25, 0.3) is 33.4 Å². The average molecular weight is 769 g/mol. The van der Waals surface area contributed by atoms with Crippen molar-refractivity contribution >= 4 is 28.0 Å². The van der Waals surface area contributed by atoms with Crippen LogP contribution in [0.2, 0.25) is 0 Å². The third-order valence-corrected chi connectivity index (χ3v) is 18.5. The zero-order chi connectivity index (χ0) is 32.5. The van der Waals surface area contributed by atoms with Crippen LogP contribution in [-0.4, -0.2) is 3.21 Å². The van der Waals surface area contributed by atoms with Crippen molar-refractivity contribution in [3.63, 3.8) is 0 Å². The molecule has 0 saturated carbocycles. The van der Waals surface area contributed by atoms with E-state index in [-0.39, 0.29) is 24.8 Å². The molecule has 0 N–H and O–H groups in total. The summed E-state index contributed by atoms with van der Waals surface area (Å²) in [5.74, 6) is 0. The molecule has 2 aliphatic carbocycles. The summed E-state index contributed by atoms with van der Waals surface area (Å²) < 4.78 is 3.89. The van der Waals surface area contributed by atoms with Crippen LogP contribution >= 0.6 is 24.8 Å². The molecule has 0 fully saturated rings. The van der Waals surface area contributed by atoms with Gasteiger partial charge in [0.1, 0.15) is 0 Å². The monoisotopic (exact) mass is 766 g/mol. The maximum Gasteiger partial charge on any atom is -0.147 e. The van der Waals surface area contributed by atoms with Gasteiger partial charge in [0.15, 0.2) is 0 Å². The third-order valence-electron chi connectivity index (χ3n) is 10.2. The summed E-state index contributed by atoms with van der Waals surface area (Å²) in [4.78, 5) is 0. The van der Waals surface area contributed by atoms with Crippen LogP contribution in [0, 0.1) is 13.8 Å². The van der Waals surface area contributed by atoms with Crippen LogP contribution in [-0.2, 0) is 34.1 Å². The fourth-order valence-electron chi connectivity index (χ4n) is 7.90. The number of hydrogen-bond acceptors (Lipinski definition) is 0. The molecule has 3 heteroatoms. The van der Waals surface area contributed by atoms with Crippen LogP contribution in [0.1, 0.15) is 43.4 Å². The molecule has 6 aromatic carbocycles. The van der Waals surface area contributed by atoms with Gasteiger partial charge in [-0.1, -0.05) is 0 Å². The van der Waals surface area contributed by atoms with Crippen LogP contribution in [0.4, 0.5) is 0 Å². The Balaban J connectivity index is 0.00000216. The summed E-state index contributed by atoms with van der Waals surface area (Å²) in [6, 6.07) is 54.9. The minimum atomic E-state index is -2.66. The number of benzene rings is 6. The fourth-order valence-corrected chi connectivity index (χ4v) is 17.1. The van der Waals surface area contributed by atoms with Gasteiger partial charge in [-0.3, -0.25) is 0 Å². The van der Waals surface area contributed by atoms with Crippen molar-refractivity contribution in [1.29, 1.82) is 0 Å². The van der Waals surface area contributed by atoms with E-state index < -0.39 is 21.3 Å². The molecule has 8 rings (SSSR count). The van der Waals surface area contributed by atoms with Gasteiger partial charge in [0.25, 0.3) is 0 Å². The maximum atomic E-state index is 2.57. The number of hydrogen-bond donors (Lipinski definition) is 0. The summed E-state index contributed by atoms with van der Waals surface area (Å²) in [7, 11) is 0. The Morgan fingerprint density at radius 3 is 1.44 bits per heavy atom. The first-order valence-electron chi connectivity index (χ1n) is 17.2. The Kier molecular flexibility index (Phi) is 11.5. The Morgan fingerprint density at radius 1 is 0.540 bits per heavy atom. The van der Waals surface area contributed by atoms with Crippen LogP contribution < -0.4 is 0 Å². The van der Waals surface area contributed by atoms with Crippen molar-refractivity contribution in [3.8, 4) is 33.4 Å². The topological polar surface area (TPSA) is 0 Å². The summed E-state index contributed by atoms with van der Waals surface area (Å²) in [5, 5.41) is 0. The zero-order valence-corrected chi connectivity index (χ0v) is 32.7. The van der Waals surface area contributed by atoms with E-state index in [1.807, 2.05) is 0 Å². The molecular weight excluding hydrogens is 727 g/mol. The van der Waals surface area contributed by atoms with E-state index in [1.54, 1.807) is 6.49 Å². The Labute approximate surface area is 317 Å². The molecular formula is C47H42Cl2Zr. The van der Waals surface area contributed by atoms with E-state index in [0.717, 1.165) is 19.3 Å². The van der Waals surface area contributed by atoms with Crippen molar-refractivity contribution in [3.05, 3.63) is 200 Å². The second-order valence-electron chi connectivity index (χ2n) is 13.3. The molecule has 0 heterocycles. The normalized spacial score (nSPS) is 12.7. The minimum Gasteiger partial charge on any atom is -0.147 e. The summed E-state index contributed by atoms with van der Waals surface area (Å²) in [5.41, 5.74) is 16.8. The molecule has 0 bridgehead atoms. The summed E-state index contributed by atoms with van der Waals surface area (Å²) >= 11 is -2.66. The van der Waals surface area contributed by atoms with Gasteiger partial charge in [-0.25, -0.2) is 0 Å². The fraction of sp³-hybridized carbons (Fsp3) is 0.128. The van der Waals surface area contributed by atoms with Gasteiger partial charge in [-0.2, -0.15) is 0 Å². The van der Waals surface area contributed by atoms with E-state index in [2.05, 4.69) is 178 Å². The second kappa shape index (κ2) is 16.0. The Hall–Kier alpha value is -3.87. The SMILES string of the molecule is Cc1ccccc1-c1ccc2c(c1)[CH]([Zr]([C]1=CC=CC1)=[C](Cc1ccccc1)Cc1ccccc1)c1cc(-c3ccccc3C)ccc1-2.Cl.Cl. The summed E-state index contributed by atoms with van der Waals surface area (Å²) in [6.07, 6.45) is 10.4. The predicted octanol–water partition coefficient (Wildman–Crippen LogP) is 12.7. The first-order chi connectivity index (χ1) is 23.6. The number of fused-ring (bicyclic) bond motifs is 3. The van der Waals surface area contributed by atoms with Crippen LogP contribution in [0.5, 0.6) is 0 Å². The molecule has 0 aromatic heterocycles. The molecule has 0 amide bonds. The number of allylic oxidation sites excluding steroid dienone is 4. The predicted molar refractivity (Wildman–Crippen MR) is 216 cm³/mol. The molecule has 50 heavy (non-hydrogen) atoms. The molecule has 0 spiro atoms. The number of aryl methyl sites for hydroxylation is 2. The molecule has 0 atom stereocenters. The smallest absolute Gasteiger partial charge is 0.147 e. The summed E-state index contributed by atoms with van der Waals surface area (Å²) in [6.45, 7) is 4.48. The van der Waals surface area contributed by atoms with Gasteiger partial charge in [0.2, 0.25) is 0 Å². The number of halogens is 2. The van der Waals surface area contributed by atoms with Crippen LogP contribution in [0.3, 0.4) is 0 Å². The van der Waals surface area contributed by atoms with Crippen molar-refractivity contribution in [2.24, 2.45) is 0 Å². The van der Waals surface area contributed by atoms with Gasteiger partial charge in [0, 0.05) is 0 Å². The van der Waals surface area contributed by atoms with Crippen molar-refractivity contribution in [1.82, 2.24) is 0 Å². The third kappa shape index (κ3) is 7.15. The average Bonchev–Trinajstić information content (AvgIpc) is 3.76. The molecule has 2 aliphatic rings. The zero-order valence-electron chi connectivity index (χ0n) is 28.6. The molecule has 0 saturated heterocycles. The van der Waals surface area contributed by atoms with Gasteiger partial charge in [0.05, 0.1) is 0 Å². The van der Waals surface area contributed by atoms with E-state index in [9.17, 15) is 0 Å².